The average Bonchev–Trinajstić information content (AvgIpc) is 3.43. The Bertz CT molecular complexity index is 1020. The molecule has 31 heavy (non-hydrogen) atoms. The van der Waals surface area contributed by atoms with Crippen LogP contribution in [0.3, 0.4) is 0 Å². The number of halogens is 1. The van der Waals surface area contributed by atoms with E-state index in [2.05, 4.69) is 10.6 Å². The Labute approximate surface area is 184 Å². The molecule has 4 atom stereocenters. The molecule has 8 nitrogen and oxygen atoms in total. The molecule has 4 N–H and O–H groups in total. The molecule has 4 aliphatic rings. The van der Waals surface area contributed by atoms with Crippen molar-refractivity contribution in [3.05, 3.63) is 28.3 Å². The molecule has 1 aliphatic carbocycles. The summed E-state index contributed by atoms with van der Waals surface area (Å²) in [5, 5.41) is 6.54. The van der Waals surface area contributed by atoms with Gasteiger partial charge in [0.15, 0.2) is 0 Å². The third-order valence-electron chi connectivity index (χ3n) is 7.35. The van der Waals surface area contributed by atoms with Gasteiger partial charge in [-0.3, -0.25) is 29.4 Å². The third kappa shape index (κ3) is 2.77. The number of primary amides is 1. The number of hydrogen-bond acceptors (Lipinski definition) is 5. The van der Waals surface area contributed by atoms with Gasteiger partial charge in [0.2, 0.25) is 23.6 Å². The summed E-state index contributed by atoms with van der Waals surface area (Å²) in [6, 6.07) is 2.96. The second-order valence-electron chi connectivity index (χ2n) is 9.18. The number of likely N-dealkylation sites (tertiary alicyclic amines) is 1. The summed E-state index contributed by atoms with van der Waals surface area (Å²) in [7, 11) is 0. The van der Waals surface area contributed by atoms with Gasteiger partial charge in [-0.15, -0.1) is 0 Å². The van der Waals surface area contributed by atoms with E-state index in [-0.39, 0.29) is 36.6 Å². The van der Waals surface area contributed by atoms with Crippen molar-refractivity contribution in [2.24, 2.45) is 17.6 Å². The van der Waals surface area contributed by atoms with Crippen LogP contribution < -0.4 is 16.4 Å². The minimum Gasteiger partial charge on any atom is -0.370 e. The number of amides is 4. The van der Waals surface area contributed by atoms with E-state index in [4.69, 9.17) is 17.3 Å². The lowest BCUT2D eigenvalue weighted by Gasteiger charge is -2.31. The van der Waals surface area contributed by atoms with Crippen LogP contribution in [0.15, 0.2) is 12.1 Å². The second kappa shape index (κ2) is 7.03. The van der Waals surface area contributed by atoms with E-state index in [9.17, 15) is 19.2 Å². The molecule has 4 unspecified atom stereocenters. The summed E-state index contributed by atoms with van der Waals surface area (Å²) in [4.78, 5) is 53.5. The van der Waals surface area contributed by atoms with Gasteiger partial charge < -0.3 is 11.1 Å². The zero-order chi connectivity index (χ0) is 22.1. The van der Waals surface area contributed by atoms with E-state index < -0.39 is 29.3 Å². The maximum atomic E-state index is 13.7. The van der Waals surface area contributed by atoms with Crippen molar-refractivity contribution >= 4 is 40.9 Å². The first-order valence-corrected chi connectivity index (χ1v) is 11.2. The zero-order valence-electron chi connectivity index (χ0n) is 17.2. The average molecular weight is 445 g/mol. The minimum absolute atomic E-state index is 0.0604. The predicted octanol–water partition coefficient (Wildman–Crippen LogP) is 1.58. The lowest BCUT2D eigenvalue weighted by atomic mass is 9.76. The third-order valence-corrected chi connectivity index (χ3v) is 7.64. The molecule has 0 radical (unpaired) electrons. The van der Waals surface area contributed by atoms with Gasteiger partial charge in [-0.25, -0.2) is 0 Å². The number of hydrogen-bond donors (Lipinski definition) is 3. The van der Waals surface area contributed by atoms with Gasteiger partial charge in [0.05, 0.1) is 22.5 Å². The Morgan fingerprint density at radius 3 is 2.61 bits per heavy atom. The molecule has 3 heterocycles. The van der Waals surface area contributed by atoms with E-state index in [0.717, 1.165) is 31.2 Å². The molecule has 0 aromatic heterocycles. The van der Waals surface area contributed by atoms with Crippen molar-refractivity contribution in [1.29, 1.82) is 0 Å². The summed E-state index contributed by atoms with van der Waals surface area (Å²) in [5.41, 5.74) is 5.88. The van der Waals surface area contributed by atoms with Crippen LogP contribution in [0.2, 0.25) is 5.02 Å². The number of aryl methyl sites for hydroxylation is 1. The van der Waals surface area contributed by atoms with Crippen LogP contribution in [-0.2, 0) is 24.7 Å². The highest BCUT2D eigenvalue weighted by Gasteiger charge is 2.71. The predicted molar refractivity (Wildman–Crippen MR) is 113 cm³/mol. The number of nitrogens with two attached hydrogens (primary N) is 1. The first-order valence-electron chi connectivity index (χ1n) is 10.8. The van der Waals surface area contributed by atoms with Gasteiger partial charge in [0, 0.05) is 24.1 Å². The Hall–Kier alpha value is -2.45. The molecule has 1 spiro atoms. The number of imide groups is 1. The van der Waals surface area contributed by atoms with Gasteiger partial charge >= 0.3 is 0 Å². The van der Waals surface area contributed by atoms with Crippen LogP contribution >= 0.6 is 11.6 Å². The van der Waals surface area contributed by atoms with Gasteiger partial charge in [0.1, 0.15) is 5.54 Å². The number of carbonyl (C=O) groups excluding carboxylic acids is 4. The SMILES string of the molecule is Cc1cc(Cl)c2c(c1)C1(NC(CCC(N)=O)C3C(=O)N(C4CCCC4)C(=O)C31)C(=O)N2. The van der Waals surface area contributed by atoms with Gasteiger partial charge in [-0.2, -0.15) is 0 Å². The van der Waals surface area contributed by atoms with Crippen molar-refractivity contribution in [2.45, 2.75) is 63.1 Å². The first-order chi connectivity index (χ1) is 14.8. The molecule has 3 fully saturated rings. The number of nitrogens with zero attached hydrogens (tertiary/aromatic N) is 1. The smallest absolute Gasteiger partial charge is 0.250 e. The highest BCUT2D eigenvalue weighted by Crippen LogP contribution is 2.55. The van der Waals surface area contributed by atoms with E-state index >= 15 is 0 Å². The van der Waals surface area contributed by atoms with E-state index in [1.807, 2.05) is 13.0 Å². The Kier molecular flexibility index (Phi) is 4.64. The highest BCUT2D eigenvalue weighted by molar-refractivity contribution is 6.35. The summed E-state index contributed by atoms with van der Waals surface area (Å²) >= 11 is 6.42. The lowest BCUT2D eigenvalue weighted by Crippen LogP contribution is -2.54. The lowest BCUT2D eigenvalue weighted by molar-refractivity contribution is -0.145. The van der Waals surface area contributed by atoms with E-state index in [1.165, 1.54) is 4.90 Å². The molecule has 9 heteroatoms. The molecule has 4 amide bonds. The molecule has 0 bridgehead atoms. The zero-order valence-corrected chi connectivity index (χ0v) is 18.0. The van der Waals surface area contributed by atoms with Crippen LogP contribution in [0.1, 0.15) is 49.7 Å². The Morgan fingerprint density at radius 1 is 1.23 bits per heavy atom. The summed E-state index contributed by atoms with van der Waals surface area (Å²) in [6.07, 6.45) is 3.87. The summed E-state index contributed by atoms with van der Waals surface area (Å²) < 4.78 is 0. The normalized spacial score (nSPS) is 32.1. The molecular weight excluding hydrogens is 420 g/mol. The summed E-state index contributed by atoms with van der Waals surface area (Å²) in [5.74, 6) is -3.03. The maximum Gasteiger partial charge on any atom is 0.250 e. The fraction of sp³-hybridized carbons (Fsp3) is 0.545. The van der Waals surface area contributed by atoms with Crippen LogP contribution in [0, 0.1) is 18.8 Å². The van der Waals surface area contributed by atoms with Crippen molar-refractivity contribution in [1.82, 2.24) is 10.2 Å². The molecule has 5 rings (SSSR count). The van der Waals surface area contributed by atoms with Crippen LogP contribution in [0.25, 0.3) is 0 Å². The number of fused-ring (bicyclic) bond motifs is 4. The second-order valence-corrected chi connectivity index (χ2v) is 9.58. The fourth-order valence-electron chi connectivity index (χ4n) is 6.08. The first kappa shape index (κ1) is 20.5. The van der Waals surface area contributed by atoms with E-state index in [1.54, 1.807) is 6.07 Å². The maximum absolute atomic E-state index is 13.7. The Balaban J connectivity index is 1.64. The van der Waals surface area contributed by atoms with Crippen LogP contribution in [-0.4, -0.2) is 40.6 Å². The molecule has 2 saturated heterocycles. The fourth-order valence-corrected chi connectivity index (χ4v) is 6.41. The number of benzene rings is 1. The largest absolute Gasteiger partial charge is 0.370 e. The number of carbonyl (C=O) groups is 4. The quantitative estimate of drug-likeness (QED) is 0.608. The Morgan fingerprint density at radius 2 is 1.94 bits per heavy atom. The molecule has 1 aromatic carbocycles. The summed E-state index contributed by atoms with van der Waals surface area (Å²) in [6.45, 7) is 1.87. The molecule has 1 aromatic rings. The minimum atomic E-state index is -1.39. The number of rotatable bonds is 4. The monoisotopic (exact) mass is 444 g/mol. The molecule has 3 aliphatic heterocycles. The molecule has 164 valence electrons. The number of nitrogens with one attached hydrogen (secondary N) is 2. The molecule has 1 saturated carbocycles. The van der Waals surface area contributed by atoms with Crippen molar-refractivity contribution in [3.8, 4) is 0 Å². The van der Waals surface area contributed by atoms with Crippen LogP contribution in [0.5, 0.6) is 0 Å². The van der Waals surface area contributed by atoms with Gasteiger partial charge in [-0.1, -0.05) is 30.5 Å². The van der Waals surface area contributed by atoms with Crippen LogP contribution in [0.4, 0.5) is 5.69 Å². The van der Waals surface area contributed by atoms with Gasteiger partial charge in [-0.05, 0) is 37.8 Å². The highest BCUT2D eigenvalue weighted by atomic mass is 35.5. The standard InChI is InChI=1S/C22H25ClN4O4/c1-10-8-12-18(13(23)9-10)25-21(31)22(12)17-16(14(26-22)6-7-15(24)28)19(29)27(20(17)30)11-4-2-3-5-11/h8-9,11,14,16-17,26H,2-7H2,1H3,(H2,24,28)(H,25,31). The van der Waals surface area contributed by atoms with Gasteiger partial charge in [0.25, 0.3) is 0 Å². The van der Waals surface area contributed by atoms with E-state index in [0.29, 0.717) is 16.3 Å². The number of anilines is 1. The van der Waals surface area contributed by atoms with Crippen molar-refractivity contribution in [2.75, 3.05) is 5.32 Å². The topological polar surface area (TPSA) is 122 Å². The van der Waals surface area contributed by atoms with Crippen molar-refractivity contribution in [3.63, 3.8) is 0 Å². The van der Waals surface area contributed by atoms with Crippen molar-refractivity contribution < 1.29 is 19.2 Å². The molecular formula is C22H25ClN4O4.